The van der Waals surface area contributed by atoms with E-state index in [-0.39, 0.29) is 48.8 Å². The van der Waals surface area contributed by atoms with Gasteiger partial charge < -0.3 is 19.3 Å². The van der Waals surface area contributed by atoms with Crippen LogP contribution in [0.25, 0.3) is 0 Å². The van der Waals surface area contributed by atoms with Crippen LogP contribution < -0.4 is 4.74 Å². The van der Waals surface area contributed by atoms with Gasteiger partial charge >= 0.3 is 0 Å². The summed E-state index contributed by atoms with van der Waals surface area (Å²) >= 11 is 1.67. The number of carbonyl (C=O) groups excluding carboxylic acids is 2. The van der Waals surface area contributed by atoms with Gasteiger partial charge in [0.2, 0.25) is 11.8 Å². The summed E-state index contributed by atoms with van der Waals surface area (Å²) in [7, 11) is 0. The fourth-order valence-electron chi connectivity index (χ4n) is 4.71. The molecule has 5 rings (SSSR count). The van der Waals surface area contributed by atoms with Crippen LogP contribution in [0.5, 0.6) is 5.75 Å². The Hall–Kier alpha value is -2.45. The number of rotatable bonds is 8. The number of hydrogen-bond donors (Lipinski definition) is 0. The Balaban J connectivity index is 1.32. The largest absolute Gasteiger partial charge is 0.488 e. The lowest BCUT2D eigenvalue weighted by Crippen LogP contribution is -2.49. The average molecular weight is 473 g/mol. The van der Waals surface area contributed by atoms with Gasteiger partial charge in [-0.25, -0.2) is 4.39 Å². The van der Waals surface area contributed by atoms with E-state index in [4.69, 9.17) is 9.47 Å². The zero-order valence-electron chi connectivity index (χ0n) is 18.6. The lowest BCUT2D eigenvalue weighted by molar-refractivity contribution is -0.144. The Morgan fingerprint density at radius 3 is 2.82 bits per heavy atom. The molecule has 0 N–H and O–H groups in total. The SMILES string of the molecule is O=C(C1CC1)N(CC(=O)N1CCc2sccc2C1COc1ccccc1F)CC1CCCO1. The molecule has 1 saturated heterocycles. The number of para-hydroxylation sites is 1. The average Bonchev–Trinajstić information content (AvgIpc) is 3.32. The number of ether oxygens (including phenoxy) is 2. The molecule has 0 spiro atoms. The molecule has 33 heavy (non-hydrogen) atoms. The van der Waals surface area contributed by atoms with E-state index in [1.807, 2.05) is 11.4 Å². The monoisotopic (exact) mass is 472 g/mol. The quantitative estimate of drug-likeness (QED) is 0.586. The lowest BCUT2D eigenvalue weighted by Gasteiger charge is -2.37. The summed E-state index contributed by atoms with van der Waals surface area (Å²) in [4.78, 5) is 31.2. The smallest absolute Gasteiger partial charge is 0.242 e. The second-order valence-corrected chi connectivity index (χ2v) is 10.0. The number of fused-ring (bicyclic) bond motifs is 1. The third-order valence-electron chi connectivity index (χ3n) is 6.66. The maximum atomic E-state index is 14.1. The standard InChI is InChI=1S/C25H29FN2O4S/c26-20-5-1-2-6-22(20)32-16-21-19-10-13-33-23(19)9-11-28(21)24(29)15-27(25(30)17-7-8-17)14-18-4-3-12-31-18/h1-2,5-6,10,13,17-18,21H,3-4,7-9,11-12,14-16H2. The molecule has 2 atom stereocenters. The molecular formula is C25H29FN2O4S. The van der Waals surface area contributed by atoms with Crippen molar-refractivity contribution >= 4 is 23.2 Å². The van der Waals surface area contributed by atoms with Crippen molar-refractivity contribution in [1.29, 1.82) is 0 Å². The Kier molecular flexibility index (Phi) is 6.64. The number of amides is 2. The van der Waals surface area contributed by atoms with E-state index in [0.717, 1.165) is 37.7 Å². The molecule has 2 unspecified atom stereocenters. The predicted octanol–water partition coefficient (Wildman–Crippen LogP) is 3.81. The molecule has 2 fully saturated rings. The van der Waals surface area contributed by atoms with Crippen LogP contribution in [0, 0.1) is 11.7 Å². The number of nitrogens with zero attached hydrogens (tertiary/aromatic N) is 2. The van der Waals surface area contributed by atoms with Crippen LogP contribution in [-0.2, 0) is 20.7 Å². The van der Waals surface area contributed by atoms with Gasteiger partial charge in [0.15, 0.2) is 11.6 Å². The van der Waals surface area contributed by atoms with Crippen LogP contribution in [-0.4, -0.2) is 60.6 Å². The van der Waals surface area contributed by atoms with Crippen molar-refractivity contribution in [2.24, 2.45) is 5.92 Å². The second kappa shape index (κ2) is 9.81. The minimum absolute atomic E-state index is 0.00511. The summed E-state index contributed by atoms with van der Waals surface area (Å²) in [5, 5.41) is 2.02. The minimum Gasteiger partial charge on any atom is -0.488 e. The first-order valence-electron chi connectivity index (χ1n) is 11.7. The highest BCUT2D eigenvalue weighted by atomic mass is 32.1. The Labute approximate surface area is 197 Å². The Bertz CT molecular complexity index is 1000. The van der Waals surface area contributed by atoms with E-state index < -0.39 is 5.82 Å². The number of halogens is 1. The summed E-state index contributed by atoms with van der Waals surface area (Å²) < 4.78 is 25.7. The van der Waals surface area contributed by atoms with E-state index >= 15 is 0 Å². The summed E-state index contributed by atoms with van der Waals surface area (Å²) in [6.07, 6.45) is 4.49. The number of hydrogen-bond acceptors (Lipinski definition) is 5. The van der Waals surface area contributed by atoms with Crippen molar-refractivity contribution in [1.82, 2.24) is 9.80 Å². The highest BCUT2D eigenvalue weighted by Crippen LogP contribution is 2.35. The summed E-state index contributed by atoms with van der Waals surface area (Å²) in [6.45, 7) is 1.95. The van der Waals surface area contributed by atoms with Gasteiger partial charge in [-0.1, -0.05) is 12.1 Å². The fourth-order valence-corrected chi connectivity index (χ4v) is 5.64. The van der Waals surface area contributed by atoms with E-state index in [1.54, 1.807) is 39.3 Å². The van der Waals surface area contributed by atoms with Crippen molar-refractivity contribution in [2.75, 3.05) is 32.8 Å². The molecule has 1 saturated carbocycles. The van der Waals surface area contributed by atoms with Crippen LogP contribution in [0.1, 0.15) is 42.2 Å². The normalized spacial score (nSPS) is 22.2. The molecular weight excluding hydrogens is 443 g/mol. The highest BCUT2D eigenvalue weighted by molar-refractivity contribution is 7.10. The summed E-state index contributed by atoms with van der Waals surface area (Å²) in [5.74, 6) is -0.234. The molecule has 8 heteroatoms. The van der Waals surface area contributed by atoms with Gasteiger partial charge in [0, 0.05) is 30.5 Å². The summed E-state index contributed by atoms with van der Waals surface area (Å²) in [6, 6.07) is 8.01. The molecule has 1 aromatic heterocycles. The van der Waals surface area contributed by atoms with Crippen molar-refractivity contribution in [2.45, 2.75) is 44.2 Å². The van der Waals surface area contributed by atoms with Crippen LogP contribution in [0.3, 0.4) is 0 Å². The maximum Gasteiger partial charge on any atom is 0.242 e. The molecule has 6 nitrogen and oxygen atoms in total. The molecule has 3 aliphatic rings. The highest BCUT2D eigenvalue weighted by Gasteiger charge is 2.38. The van der Waals surface area contributed by atoms with E-state index in [9.17, 15) is 14.0 Å². The molecule has 2 amide bonds. The van der Waals surface area contributed by atoms with Crippen LogP contribution in [0.2, 0.25) is 0 Å². The second-order valence-electron chi connectivity index (χ2n) is 9.02. The molecule has 2 aromatic rings. The van der Waals surface area contributed by atoms with Crippen LogP contribution >= 0.6 is 11.3 Å². The van der Waals surface area contributed by atoms with Crippen molar-refractivity contribution < 1.29 is 23.5 Å². The first-order chi connectivity index (χ1) is 16.1. The number of benzene rings is 1. The summed E-state index contributed by atoms with van der Waals surface area (Å²) in [5.41, 5.74) is 1.05. The maximum absolute atomic E-state index is 14.1. The fraction of sp³-hybridized carbons (Fsp3) is 0.520. The number of thiophene rings is 1. The molecule has 0 bridgehead atoms. The van der Waals surface area contributed by atoms with E-state index in [0.29, 0.717) is 19.7 Å². The van der Waals surface area contributed by atoms with Gasteiger partial charge in [-0.2, -0.15) is 0 Å². The third kappa shape index (κ3) is 5.06. The molecule has 1 aliphatic carbocycles. The Morgan fingerprint density at radius 1 is 1.21 bits per heavy atom. The van der Waals surface area contributed by atoms with Gasteiger partial charge in [0.25, 0.3) is 0 Å². The van der Waals surface area contributed by atoms with Crippen molar-refractivity contribution in [3.05, 3.63) is 52.0 Å². The molecule has 2 aliphatic heterocycles. The van der Waals surface area contributed by atoms with Gasteiger partial charge in [-0.3, -0.25) is 9.59 Å². The first kappa shape index (κ1) is 22.3. The van der Waals surface area contributed by atoms with E-state index in [2.05, 4.69) is 0 Å². The predicted molar refractivity (Wildman–Crippen MR) is 123 cm³/mol. The molecule has 176 valence electrons. The molecule has 1 aromatic carbocycles. The zero-order chi connectivity index (χ0) is 22.8. The van der Waals surface area contributed by atoms with Crippen LogP contribution in [0.4, 0.5) is 4.39 Å². The first-order valence-corrected chi connectivity index (χ1v) is 12.6. The van der Waals surface area contributed by atoms with Crippen molar-refractivity contribution in [3.8, 4) is 5.75 Å². The lowest BCUT2D eigenvalue weighted by atomic mass is 10.0. The zero-order valence-corrected chi connectivity index (χ0v) is 19.4. The topological polar surface area (TPSA) is 59.1 Å². The molecule has 0 radical (unpaired) electrons. The Morgan fingerprint density at radius 2 is 2.06 bits per heavy atom. The van der Waals surface area contributed by atoms with Gasteiger partial charge in [0.05, 0.1) is 18.7 Å². The van der Waals surface area contributed by atoms with Crippen LogP contribution in [0.15, 0.2) is 35.7 Å². The van der Waals surface area contributed by atoms with Gasteiger partial charge in [-0.15, -0.1) is 11.3 Å². The minimum atomic E-state index is -0.422. The third-order valence-corrected chi connectivity index (χ3v) is 7.66. The number of carbonyl (C=O) groups is 2. The molecule has 3 heterocycles. The van der Waals surface area contributed by atoms with E-state index in [1.165, 1.54) is 10.9 Å². The van der Waals surface area contributed by atoms with Gasteiger partial charge in [0.1, 0.15) is 6.61 Å². The van der Waals surface area contributed by atoms with Gasteiger partial charge in [-0.05, 0) is 61.2 Å². The van der Waals surface area contributed by atoms with Crippen molar-refractivity contribution in [3.63, 3.8) is 0 Å².